The van der Waals surface area contributed by atoms with E-state index in [4.69, 9.17) is 5.11 Å². The average molecular weight is 284 g/mol. The molecule has 0 saturated carbocycles. The first-order valence-corrected chi connectivity index (χ1v) is 8.92. The Morgan fingerprint density at radius 3 is 1.80 bits per heavy atom. The summed E-state index contributed by atoms with van der Waals surface area (Å²) in [7, 11) is -2.81. The van der Waals surface area contributed by atoms with Crippen molar-refractivity contribution in [3.63, 3.8) is 0 Å². The Morgan fingerprint density at radius 1 is 0.850 bits per heavy atom. The van der Waals surface area contributed by atoms with Gasteiger partial charge < -0.3 is 9.90 Å². The van der Waals surface area contributed by atoms with E-state index in [2.05, 4.69) is 0 Å². The second-order valence-corrected chi connectivity index (χ2v) is 7.79. The third-order valence-electron chi connectivity index (χ3n) is 3.32. The third-order valence-corrected chi connectivity index (χ3v) is 6.46. The fourth-order valence-electron chi connectivity index (χ4n) is 2.21. The molecule has 0 bridgehead atoms. The number of hydrogen-bond donors (Lipinski definition) is 2. The SMILES string of the molecule is OCCC/C=C/[Si](O)(c1ccccc1)c1ccccc1. The van der Waals surface area contributed by atoms with Gasteiger partial charge in [0.15, 0.2) is 0 Å². The maximum atomic E-state index is 11.2. The zero-order valence-corrected chi connectivity index (χ0v) is 12.4. The number of aliphatic hydroxyl groups is 1. The zero-order valence-electron chi connectivity index (χ0n) is 11.4. The fraction of sp³-hybridized carbons (Fsp3) is 0.176. The van der Waals surface area contributed by atoms with Gasteiger partial charge in [0.2, 0.25) is 0 Å². The standard InChI is InChI=1S/C17H20O2Si/c18-14-8-3-9-15-20(19,16-10-4-1-5-11-16)17-12-6-2-7-13-17/h1-2,4-7,9-13,15,18-19H,3,8,14H2/b15-9+. The zero-order chi connectivity index (χ0) is 14.3. The molecule has 104 valence electrons. The van der Waals surface area contributed by atoms with Gasteiger partial charge >= 0.3 is 0 Å². The van der Waals surface area contributed by atoms with Crippen LogP contribution in [-0.4, -0.2) is 24.8 Å². The summed E-state index contributed by atoms with van der Waals surface area (Å²) in [5.74, 6) is 0. The second kappa shape index (κ2) is 7.19. The summed E-state index contributed by atoms with van der Waals surface area (Å²) in [6.45, 7) is 0.182. The summed E-state index contributed by atoms with van der Waals surface area (Å²) in [6.07, 6.45) is 3.50. The average Bonchev–Trinajstić information content (AvgIpc) is 2.53. The van der Waals surface area contributed by atoms with Crippen LogP contribution in [0.15, 0.2) is 72.4 Å². The molecule has 0 heterocycles. The van der Waals surface area contributed by atoms with E-state index in [-0.39, 0.29) is 6.61 Å². The molecule has 20 heavy (non-hydrogen) atoms. The lowest BCUT2D eigenvalue weighted by Crippen LogP contribution is -2.57. The number of aliphatic hydroxyl groups excluding tert-OH is 1. The van der Waals surface area contributed by atoms with Gasteiger partial charge in [0.05, 0.1) is 0 Å². The Bertz CT molecular complexity index is 498. The van der Waals surface area contributed by atoms with Gasteiger partial charge in [-0.2, -0.15) is 0 Å². The molecule has 0 spiro atoms. The van der Waals surface area contributed by atoms with Gasteiger partial charge in [0.25, 0.3) is 8.32 Å². The smallest absolute Gasteiger partial charge is 0.277 e. The van der Waals surface area contributed by atoms with Gasteiger partial charge in [-0.3, -0.25) is 0 Å². The molecule has 0 fully saturated rings. The highest BCUT2D eigenvalue weighted by Gasteiger charge is 2.32. The summed E-state index contributed by atoms with van der Waals surface area (Å²) < 4.78 is 0. The van der Waals surface area contributed by atoms with E-state index in [9.17, 15) is 4.80 Å². The Labute approximate surface area is 121 Å². The van der Waals surface area contributed by atoms with Gasteiger partial charge in [0.1, 0.15) is 0 Å². The normalized spacial score (nSPS) is 11.9. The summed E-state index contributed by atoms with van der Waals surface area (Å²) in [5, 5.41) is 10.8. The predicted molar refractivity (Wildman–Crippen MR) is 85.6 cm³/mol. The Kier molecular flexibility index (Phi) is 5.29. The van der Waals surface area contributed by atoms with Crippen LogP contribution in [0.3, 0.4) is 0 Å². The number of hydrogen-bond acceptors (Lipinski definition) is 2. The quantitative estimate of drug-likeness (QED) is 0.625. The molecule has 0 aliphatic carbocycles. The third kappa shape index (κ3) is 3.45. The van der Waals surface area contributed by atoms with Gasteiger partial charge in [0, 0.05) is 6.61 Å². The van der Waals surface area contributed by atoms with Crippen LogP contribution < -0.4 is 10.4 Å². The first kappa shape index (κ1) is 14.7. The minimum atomic E-state index is -2.81. The summed E-state index contributed by atoms with van der Waals surface area (Å²) >= 11 is 0. The Morgan fingerprint density at radius 2 is 1.35 bits per heavy atom. The molecule has 0 aromatic heterocycles. The monoisotopic (exact) mass is 284 g/mol. The van der Waals surface area contributed by atoms with Crippen LogP contribution in [0.2, 0.25) is 0 Å². The van der Waals surface area contributed by atoms with Crippen LogP contribution in [0.4, 0.5) is 0 Å². The molecule has 2 aromatic rings. The van der Waals surface area contributed by atoms with Crippen molar-refractivity contribution >= 4 is 18.7 Å². The van der Waals surface area contributed by atoms with E-state index in [1.807, 2.05) is 72.4 Å². The molecule has 0 atom stereocenters. The van der Waals surface area contributed by atoms with Crippen molar-refractivity contribution in [3.05, 3.63) is 72.4 Å². The molecule has 2 N–H and O–H groups in total. The van der Waals surface area contributed by atoms with E-state index in [1.54, 1.807) is 0 Å². The predicted octanol–water partition coefficient (Wildman–Crippen LogP) is 1.61. The number of rotatable bonds is 6. The van der Waals surface area contributed by atoms with E-state index in [0.29, 0.717) is 0 Å². The topological polar surface area (TPSA) is 40.5 Å². The summed E-state index contributed by atoms with van der Waals surface area (Å²) in [4.78, 5) is 11.2. The van der Waals surface area contributed by atoms with E-state index in [1.165, 1.54) is 0 Å². The van der Waals surface area contributed by atoms with Crippen molar-refractivity contribution in [3.8, 4) is 0 Å². The molecule has 0 saturated heterocycles. The maximum Gasteiger partial charge on any atom is 0.277 e. The molecular weight excluding hydrogens is 264 g/mol. The van der Waals surface area contributed by atoms with Crippen molar-refractivity contribution in [2.75, 3.05) is 6.61 Å². The van der Waals surface area contributed by atoms with E-state index < -0.39 is 8.32 Å². The van der Waals surface area contributed by atoms with Crippen LogP contribution in [0.5, 0.6) is 0 Å². The van der Waals surface area contributed by atoms with Crippen molar-refractivity contribution in [1.82, 2.24) is 0 Å². The molecule has 2 aromatic carbocycles. The van der Waals surface area contributed by atoms with Crippen molar-refractivity contribution < 1.29 is 9.90 Å². The lowest BCUT2D eigenvalue weighted by molar-refractivity contribution is 0.289. The lowest BCUT2D eigenvalue weighted by Gasteiger charge is -2.22. The Balaban J connectivity index is 2.36. The largest absolute Gasteiger partial charge is 0.421 e. The van der Waals surface area contributed by atoms with Crippen LogP contribution >= 0.6 is 0 Å². The molecule has 0 amide bonds. The van der Waals surface area contributed by atoms with Gasteiger partial charge in [-0.15, -0.1) is 0 Å². The highest BCUT2D eigenvalue weighted by Crippen LogP contribution is 2.05. The highest BCUT2D eigenvalue weighted by atomic mass is 28.4. The first-order valence-electron chi connectivity index (χ1n) is 6.89. The molecule has 0 unspecified atom stereocenters. The molecule has 0 aliphatic heterocycles. The minimum absolute atomic E-state index is 0.182. The minimum Gasteiger partial charge on any atom is -0.421 e. The van der Waals surface area contributed by atoms with E-state index in [0.717, 1.165) is 23.2 Å². The maximum absolute atomic E-state index is 11.2. The fourth-order valence-corrected chi connectivity index (χ4v) is 4.83. The first-order chi connectivity index (χ1) is 9.77. The molecule has 2 rings (SSSR count). The lowest BCUT2D eigenvalue weighted by atomic mass is 10.3. The van der Waals surface area contributed by atoms with Crippen LogP contribution in [-0.2, 0) is 0 Å². The van der Waals surface area contributed by atoms with Crippen molar-refractivity contribution in [2.24, 2.45) is 0 Å². The summed E-state index contributed by atoms with van der Waals surface area (Å²) in [5.41, 5.74) is 1.95. The van der Waals surface area contributed by atoms with E-state index >= 15 is 0 Å². The number of unbranched alkanes of at least 4 members (excludes halogenated alkanes) is 1. The van der Waals surface area contributed by atoms with Gasteiger partial charge in [-0.05, 0) is 23.2 Å². The summed E-state index contributed by atoms with van der Waals surface area (Å²) in [6, 6.07) is 19.7. The van der Waals surface area contributed by atoms with Crippen LogP contribution in [0, 0.1) is 0 Å². The van der Waals surface area contributed by atoms with Crippen molar-refractivity contribution in [2.45, 2.75) is 12.8 Å². The Hall–Kier alpha value is -1.68. The van der Waals surface area contributed by atoms with Crippen LogP contribution in [0.1, 0.15) is 12.8 Å². The molecule has 2 nitrogen and oxygen atoms in total. The van der Waals surface area contributed by atoms with Crippen LogP contribution in [0.25, 0.3) is 0 Å². The second-order valence-electron chi connectivity index (χ2n) is 4.77. The molecule has 3 heteroatoms. The van der Waals surface area contributed by atoms with Crippen molar-refractivity contribution in [1.29, 1.82) is 0 Å². The number of allylic oxidation sites excluding steroid dienone is 1. The molecule has 0 aliphatic rings. The molecular formula is C17H20O2Si. The van der Waals surface area contributed by atoms with Gasteiger partial charge in [-0.1, -0.05) is 72.4 Å². The number of benzene rings is 2. The van der Waals surface area contributed by atoms with Gasteiger partial charge in [-0.25, -0.2) is 0 Å². The molecule has 0 radical (unpaired) electrons. The highest BCUT2D eigenvalue weighted by molar-refractivity contribution is 7.00.